The predicted molar refractivity (Wildman–Crippen MR) is 222 cm³/mol. The number of hydrogen-bond donors (Lipinski definition) is 2. The highest BCUT2D eigenvalue weighted by atomic mass is 35.5. The molecule has 15 nitrogen and oxygen atoms in total. The third-order valence-electron chi connectivity index (χ3n) is 12.8. The van der Waals surface area contributed by atoms with E-state index < -0.39 is 11.9 Å². The van der Waals surface area contributed by atoms with Gasteiger partial charge in [0.05, 0.1) is 27.7 Å². The Labute approximate surface area is 347 Å². The number of ether oxygens (including phenoxy) is 1. The lowest BCUT2D eigenvalue weighted by Gasteiger charge is -2.63. The summed E-state index contributed by atoms with van der Waals surface area (Å²) >= 11 is 6.24. The van der Waals surface area contributed by atoms with Crippen LogP contribution in [0.15, 0.2) is 59.8 Å². The van der Waals surface area contributed by atoms with Crippen LogP contribution in [0.4, 0.5) is 11.6 Å². The molecule has 3 amide bonds. The Morgan fingerprint density at radius 3 is 2.31 bits per heavy atom. The third-order valence-corrected chi connectivity index (χ3v) is 13.1. The molecule has 5 heterocycles. The lowest BCUT2D eigenvalue weighted by atomic mass is 9.49. The number of aromatic nitrogens is 4. The highest BCUT2D eigenvalue weighted by molar-refractivity contribution is 6.31. The fourth-order valence-corrected chi connectivity index (χ4v) is 9.98. The van der Waals surface area contributed by atoms with E-state index in [0.717, 1.165) is 69.7 Å². The summed E-state index contributed by atoms with van der Waals surface area (Å²) in [7, 11) is 0. The van der Waals surface area contributed by atoms with Crippen LogP contribution in [0.1, 0.15) is 75.3 Å². The van der Waals surface area contributed by atoms with Crippen LogP contribution in [0.25, 0.3) is 10.8 Å². The van der Waals surface area contributed by atoms with Crippen molar-refractivity contribution in [1.82, 2.24) is 35.3 Å². The summed E-state index contributed by atoms with van der Waals surface area (Å²) in [4.78, 5) is 66.9. The minimum Gasteiger partial charge on any atom is -0.489 e. The molecule has 2 aromatic heterocycles. The lowest BCUT2D eigenvalue weighted by Crippen LogP contribution is -2.74. The van der Waals surface area contributed by atoms with Gasteiger partial charge in [0, 0.05) is 98.6 Å². The Balaban J connectivity index is 0.792. The number of piperazine rings is 1. The Kier molecular flexibility index (Phi) is 10.8. The van der Waals surface area contributed by atoms with Crippen molar-refractivity contribution in [3.63, 3.8) is 0 Å². The van der Waals surface area contributed by atoms with Crippen LogP contribution in [-0.2, 0) is 9.59 Å². The molecule has 8 rings (SSSR count). The predicted octanol–water partition coefficient (Wildman–Crippen LogP) is 4.34. The number of benzene rings is 2. The van der Waals surface area contributed by atoms with Gasteiger partial charge in [-0.3, -0.25) is 29.4 Å². The maximum absolute atomic E-state index is 13.4. The van der Waals surface area contributed by atoms with Crippen LogP contribution >= 0.6 is 11.6 Å². The molecule has 1 saturated carbocycles. The van der Waals surface area contributed by atoms with Crippen LogP contribution < -0.4 is 30.7 Å². The number of carbonyl (C=O) groups excluding carboxylic acids is 3. The molecule has 308 valence electrons. The van der Waals surface area contributed by atoms with Gasteiger partial charge in [-0.15, -0.1) is 0 Å². The topological polar surface area (TPSA) is 179 Å². The monoisotopic (exact) mass is 820 g/mol. The second-order valence-corrected chi connectivity index (χ2v) is 17.8. The molecule has 2 aromatic carbocycles. The Bertz CT molecular complexity index is 2360. The number of fused-ring (bicyclic) bond motifs is 1. The van der Waals surface area contributed by atoms with Crippen molar-refractivity contribution in [2.24, 2.45) is 16.7 Å². The van der Waals surface area contributed by atoms with Crippen molar-refractivity contribution in [3.05, 3.63) is 81.5 Å². The second kappa shape index (κ2) is 15.9. The van der Waals surface area contributed by atoms with Gasteiger partial charge in [0.25, 0.3) is 17.4 Å². The van der Waals surface area contributed by atoms with E-state index in [4.69, 9.17) is 16.3 Å². The maximum atomic E-state index is 13.4. The van der Waals surface area contributed by atoms with Crippen molar-refractivity contribution in [2.45, 2.75) is 71.6 Å². The van der Waals surface area contributed by atoms with Gasteiger partial charge in [0.15, 0.2) is 0 Å². The smallest absolute Gasteiger partial charge is 0.275 e. The lowest BCUT2D eigenvalue weighted by molar-refractivity contribution is -0.164. The molecule has 4 aliphatic rings. The number of rotatable bonds is 9. The van der Waals surface area contributed by atoms with Crippen LogP contribution in [0.3, 0.4) is 0 Å². The average molecular weight is 821 g/mol. The number of nitriles is 1. The zero-order valence-corrected chi connectivity index (χ0v) is 34.5. The highest BCUT2D eigenvalue weighted by Gasteiger charge is 2.64. The van der Waals surface area contributed by atoms with Gasteiger partial charge >= 0.3 is 0 Å². The molecule has 1 aliphatic carbocycles. The molecular weight excluding hydrogens is 772 g/mol. The SMILES string of the molecule is CC1(C)C(NC(=O)c2cnc(N3CCC(CN4CCN(c5ccc6c(=O)n(C7CCC(=O)NC7=O)ncc6c5)CC4)CC3)nc2)C(C)(C)C1Oc1ccc(C#N)c(Cl)c1. The fraction of sp³-hybridized carbons (Fsp3) is 0.488. The number of carbonyl (C=O) groups is 3. The van der Waals surface area contributed by atoms with Gasteiger partial charge in [-0.1, -0.05) is 39.3 Å². The summed E-state index contributed by atoms with van der Waals surface area (Å²) in [6, 6.07) is 11.9. The normalized spacial score (nSPS) is 23.3. The van der Waals surface area contributed by atoms with E-state index in [1.54, 1.807) is 36.8 Å². The van der Waals surface area contributed by atoms with E-state index in [-0.39, 0.29) is 53.2 Å². The number of anilines is 2. The van der Waals surface area contributed by atoms with Gasteiger partial charge in [0.2, 0.25) is 11.9 Å². The van der Waals surface area contributed by atoms with E-state index >= 15 is 0 Å². The molecule has 1 unspecified atom stereocenters. The molecule has 4 aromatic rings. The molecule has 3 aliphatic heterocycles. The molecule has 0 bridgehead atoms. The number of halogens is 1. The van der Waals surface area contributed by atoms with Gasteiger partial charge < -0.3 is 19.9 Å². The molecule has 16 heteroatoms. The summed E-state index contributed by atoms with van der Waals surface area (Å²) in [6.45, 7) is 14.6. The van der Waals surface area contributed by atoms with Crippen molar-refractivity contribution < 1.29 is 19.1 Å². The number of piperidine rings is 2. The summed E-state index contributed by atoms with van der Waals surface area (Å²) in [5.74, 6) is 0.733. The minimum atomic E-state index is -0.787. The fourth-order valence-electron chi connectivity index (χ4n) is 9.77. The first-order chi connectivity index (χ1) is 28.2. The van der Waals surface area contributed by atoms with Crippen molar-refractivity contribution in [1.29, 1.82) is 5.26 Å². The Morgan fingerprint density at radius 1 is 0.932 bits per heavy atom. The molecule has 0 radical (unpaired) electrons. The van der Waals surface area contributed by atoms with Crippen LogP contribution in [0, 0.1) is 28.1 Å². The molecule has 1 atom stereocenters. The van der Waals surface area contributed by atoms with E-state index in [2.05, 4.69) is 74.2 Å². The van der Waals surface area contributed by atoms with Crippen LogP contribution in [0.2, 0.25) is 5.02 Å². The Hall–Kier alpha value is -5.59. The van der Waals surface area contributed by atoms with Crippen molar-refractivity contribution in [2.75, 3.05) is 55.6 Å². The number of amides is 3. The first kappa shape index (κ1) is 40.2. The van der Waals surface area contributed by atoms with E-state index in [0.29, 0.717) is 39.2 Å². The number of nitrogens with zero attached hydrogens (tertiary/aromatic N) is 8. The van der Waals surface area contributed by atoms with Crippen molar-refractivity contribution in [3.8, 4) is 11.8 Å². The number of imide groups is 1. The molecule has 3 saturated heterocycles. The quantitative estimate of drug-likeness (QED) is 0.229. The molecule has 4 fully saturated rings. The highest BCUT2D eigenvalue weighted by Crippen LogP contribution is 2.55. The van der Waals surface area contributed by atoms with Gasteiger partial charge in [-0.2, -0.15) is 10.4 Å². The maximum Gasteiger partial charge on any atom is 0.275 e. The van der Waals surface area contributed by atoms with Gasteiger partial charge in [-0.25, -0.2) is 14.6 Å². The average Bonchev–Trinajstić information content (AvgIpc) is 3.22. The number of nitrogens with one attached hydrogen (secondary N) is 2. The number of hydrogen-bond acceptors (Lipinski definition) is 12. The molecule has 59 heavy (non-hydrogen) atoms. The minimum absolute atomic E-state index is 0.171. The Morgan fingerprint density at radius 2 is 1.64 bits per heavy atom. The van der Waals surface area contributed by atoms with E-state index in [9.17, 15) is 24.4 Å². The zero-order valence-electron chi connectivity index (χ0n) is 33.8. The van der Waals surface area contributed by atoms with Crippen LogP contribution in [-0.4, -0.2) is 100 Å². The van der Waals surface area contributed by atoms with Crippen LogP contribution in [0.5, 0.6) is 5.75 Å². The third kappa shape index (κ3) is 7.83. The van der Waals surface area contributed by atoms with Gasteiger partial charge in [-0.05, 0) is 55.5 Å². The molecular formula is C43H49ClN10O5. The van der Waals surface area contributed by atoms with E-state index in [1.165, 1.54) is 4.68 Å². The first-order valence-electron chi connectivity index (χ1n) is 20.3. The second-order valence-electron chi connectivity index (χ2n) is 17.4. The van der Waals surface area contributed by atoms with E-state index in [1.807, 2.05) is 18.2 Å². The summed E-state index contributed by atoms with van der Waals surface area (Å²) in [5.41, 5.74) is 0.736. The molecule has 2 N–H and O–H groups in total. The largest absolute Gasteiger partial charge is 0.489 e. The summed E-state index contributed by atoms with van der Waals surface area (Å²) < 4.78 is 7.56. The van der Waals surface area contributed by atoms with Gasteiger partial charge in [0.1, 0.15) is 24.0 Å². The first-order valence-corrected chi connectivity index (χ1v) is 20.7. The zero-order chi connectivity index (χ0) is 41.6. The van der Waals surface area contributed by atoms with Crippen molar-refractivity contribution >= 4 is 51.7 Å². The summed E-state index contributed by atoms with van der Waals surface area (Å²) in [5, 5.41) is 20.6. The summed E-state index contributed by atoms with van der Waals surface area (Å²) in [6.07, 6.45) is 7.14. The molecule has 0 spiro atoms. The standard InChI is InChI=1S/C43H49ClN10O5/c1-42(2)39(43(3,4)40(42)59-31-7-5-27(21-45)33(44)20-31)50-36(56)29-22-46-41(47-23-29)53-13-11-26(12-14-53)25-51-15-17-52(18-16-51)30-6-8-32-28(19-30)24-48-54(38(32)58)34-9-10-35(55)49-37(34)57/h5-8,19-20,22-24,26,34,39-40H,9-18,25H2,1-4H3,(H,50,56)(H,49,55,57).